The topological polar surface area (TPSA) is 50.8 Å². The van der Waals surface area contributed by atoms with Gasteiger partial charge in [-0.3, -0.25) is 0 Å². The first-order valence-corrected chi connectivity index (χ1v) is 6.74. The van der Waals surface area contributed by atoms with Gasteiger partial charge in [0.1, 0.15) is 12.4 Å². The Kier molecular flexibility index (Phi) is 3.37. The van der Waals surface area contributed by atoms with Crippen LogP contribution in [0.2, 0.25) is 0 Å². The summed E-state index contributed by atoms with van der Waals surface area (Å²) < 4.78 is 5.72. The minimum Gasteiger partial charge on any atom is -0.486 e. The molecular formula is C16H17N3O. The summed E-state index contributed by atoms with van der Waals surface area (Å²) in [5.41, 5.74) is 2.34. The zero-order valence-electron chi connectivity index (χ0n) is 11.6. The van der Waals surface area contributed by atoms with Gasteiger partial charge < -0.3 is 9.72 Å². The van der Waals surface area contributed by atoms with E-state index in [1.165, 1.54) is 11.1 Å². The fourth-order valence-electron chi connectivity index (χ4n) is 2.08. The van der Waals surface area contributed by atoms with Crippen LogP contribution in [0.3, 0.4) is 0 Å². The Bertz CT molecular complexity index is 704. The number of nitrogens with zero attached hydrogens (tertiary/aromatic N) is 2. The lowest BCUT2D eigenvalue weighted by molar-refractivity contribution is 0.296. The third-order valence-corrected chi connectivity index (χ3v) is 3.22. The van der Waals surface area contributed by atoms with E-state index >= 15 is 0 Å². The van der Waals surface area contributed by atoms with E-state index in [0.29, 0.717) is 18.3 Å². The SMILES string of the molecule is CC(C)c1cc2ccc(OCc3ncccn3)cc2[nH]1. The highest BCUT2D eigenvalue weighted by Gasteiger charge is 2.06. The molecule has 0 saturated carbocycles. The summed E-state index contributed by atoms with van der Waals surface area (Å²) in [7, 11) is 0. The number of rotatable bonds is 4. The molecule has 0 saturated heterocycles. The van der Waals surface area contributed by atoms with Crippen LogP contribution in [0, 0.1) is 0 Å². The largest absolute Gasteiger partial charge is 0.486 e. The van der Waals surface area contributed by atoms with E-state index in [2.05, 4.69) is 40.9 Å². The lowest BCUT2D eigenvalue weighted by Crippen LogP contribution is -2.00. The number of benzene rings is 1. The maximum Gasteiger partial charge on any atom is 0.166 e. The average Bonchev–Trinajstić information content (AvgIpc) is 2.89. The molecule has 20 heavy (non-hydrogen) atoms. The molecule has 2 aromatic heterocycles. The first-order valence-electron chi connectivity index (χ1n) is 6.74. The fourth-order valence-corrected chi connectivity index (χ4v) is 2.08. The number of hydrogen-bond acceptors (Lipinski definition) is 3. The van der Waals surface area contributed by atoms with Crippen molar-refractivity contribution in [3.05, 3.63) is 54.2 Å². The van der Waals surface area contributed by atoms with E-state index in [0.717, 1.165) is 11.3 Å². The molecule has 0 unspecified atom stereocenters. The number of aromatic amines is 1. The number of hydrogen-bond donors (Lipinski definition) is 1. The Morgan fingerprint density at radius 3 is 2.70 bits per heavy atom. The highest BCUT2D eigenvalue weighted by Crippen LogP contribution is 2.25. The number of fused-ring (bicyclic) bond motifs is 1. The van der Waals surface area contributed by atoms with Crippen LogP contribution in [0.5, 0.6) is 5.75 Å². The van der Waals surface area contributed by atoms with Crippen molar-refractivity contribution < 1.29 is 4.74 Å². The molecule has 0 atom stereocenters. The predicted octanol–water partition coefficient (Wildman–Crippen LogP) is 3.66. The second-order valence-electron chi connectivity index (χ2n) is 5.08. The Morgan fingerprint density at radius 2 is 1.95 bits per heavy atom. The van der Waals surface area contributed by atoms with Crippen molar-refractivity contribution in [3.63, 3.8) is 0 Å². The molecular weight excluding hydrogens is 250 g/mol. The molecule has 1 aromatic carbocycles. The fraction of sp³-hybridized carbons (Fsp3) is 0.250. The van der Waals surface area contributed by atoms with Crippen LogP contribution in [-0.2, 0) is 6.61 Å². The average molecular weight is 267 g/mol. The molecule has 0 radical (unpaired) electrons. The molecule has 4 nitrogen and oxygen atoms in total. The van der Waals surface area contributed by atoms with E-state index in [9.17, 15) is 0 Å². The Morgan fingerprint density at radius 1 is 1.15 bits per heavy atom. The smallest absolute Gasteiger partial charge is 0.166 e. The summed E-state index contributed by atoms with van der Waals surface area (Å²) in [6.45, 7) is 4.73. The molecule has 3 aromatic rings. The molecule has 0 aliphatic heterocycles. The molecule has 0 aliphatic rings. The van der Waals surface area contributed by atoms with E-state index in [4.69, 9.17) is 4.74 Å². The summed E-state index contributed by atoms with van der Waals surface area (Å²) in [6, 6.07) is 10.0. The van der Waals surface area contributed by atoms with Gasteiger partial charge in [-0.1, -0.05) is 13.8 Å². The summed E-state index contributed by atoms with van der Waals surface area (Å²) in [5, 5.41) is 1.21. The van der Waals surface area contributed by atoms with E-state index in [-0.39, 0.29) is 0 Å². The van der Waals surface area contributed by atoms with Gasteiger partial charge in [-0.25, -0.2) is 9.97 Å². The summed E-state index contributed by atoms with van der Waals surface area (Å²) in [4.78, 5) is 11.7. The van der Waals surface area contributed by atoms with Gasteiger partial charge >= 0.3 is 0 Å². The molecule has 102 valence electrons. The molecule has 0 bridgehead atoms. The minimum absolute atomic E-state index is 0.379. The summed E-state index contributed by atoms with van der Waals surface area (Å²) in [6.07, 6.45) is 3.43. The Hall–Kier alpha value is -2.36. The van der Waals surface area contributed by atoms with Crippen LogP contribution >= 0.6 is 0 Å². The number of aromatic nitrogens is 3. The number of nitrogens with one attached hydrogen (secondary N) is 1. The maximum absolute atomic E-state index is 5.72. The van der Waals surface area contributed by atoms with E-state index in [1.54, 1.807) is 18.5 Å². The van der Waals surface area contributed by atoms with Gasteiger partial charge in [0.05, 0.1) is 0 Å². The van der Waals surface area contributed by atoms with E-state index in [1.807, 2.05) is 12.1 Å². The van der Waals surface area contributed by atoms with Gasteiger partial charge in [0.2, 0.25) is 0 Å². The standard InChI is InChI=1S/C16H17N3O/c1-11(2)14-8-12-4-5-13(9-15(12)19-14)20-10-16-17-6-3-7-18-16/h3-9,11,19H,10H2,1-2H3. The van der Waals surface area contributed by atoms with Crippen LogP contribution in [-0.4, -0.2) is 15.0 Å². The van der Waals surface area contributed by atoms with Gasteiger partial charge in [-0.05, 0) is 35.6 Å². The molecule has 0 fully saturated rings. The van der Waals surface area contributed by atoms with Crippen molar-refractivity contribution >= 4 is 10.9 Å². The van der Waals surface area contributed by atoms with Gasteiger partial charge in [0.15, 0.2) is 5.82 Å². The van der Waals surface area contributed by atoms with Gasteiger partial charge in [0, 0.05) is 29.7 Å². The van der Waals surface area contributed by atoms with E-state index < -0.39 is 0 Å². The lowest BCUT2D eigenvalue weighted by atomic mass is 10.1. The van der Waals surface area contributed by atoms with Crippen LogP contribution < -0.4 is 4.74 Å². The molecule has 2 heterocycles. The molecule has 0 spiro atoms. The third kappa shape index (κ3) is 2.64. The summed E-state index contributed by atoms with van der Waals surface area (Å²) >= 11 is 0. The summed E-state index contributed by atoms with van der Waals surface area (Å²) in [5.74, 6) is 1.99. The number of H-pyrrole nitrogens is 1. The van der Waals surface area contributed by atoms with Crippen molar-refractivity contribution in [1.29, 1.82) is 0 Å². The first kappa shape index (κ1) is 12.7. The normalized spacial score (nSPS) is 11.2. The second-order valence-corrected chi connectivity index (χ2v) is 5.08. The Balaban J connectivity index is 1.78. The molecule has 3 rings (SSSR count). The van der Waals surface area contributed by atoms with Gasteiger partial charge in [-0.2, -0.15) is 0 Å². The first-order chi connectivity index (χ1) is 9.72. The zero-order chi connectivity index (χ0) is 13.9. The zero-order valence-corrected chi connectivity index (χ0v) is 11.6. The molecule has 1 N–H and O–H groups in total. The Labute approximate surface area is 117 Å². The monoisotopic (exact) mass is 267 g/mol. The maximum atomic E-state index is 5.72. The number of ether oxygens (including phenoxy) is 1. The highest BCUT2D eigenvalue weighted by molar-refractivity contribution is 5.82. The lowest BCUT2D eigenvalue weighted by Gasteiger charge is -2.04. The molecule has 0 aliphatic carbocycles. The van der Waals surface area contributed by atoms with Crippen molar-refractivity contribution in [2.45, 2.75) is 26.4 Å². The quantitative estimate of drug-likeness (QED) is 0.784. The molecule has 4 heteroatoms. The predicted molar refractivity (Wildman–Crippen MR) is 78.8 cm³/mol. The van der Waals surface area contributed by atoms with Crippen molar-refractivity contribution in [2.24, 2.45) is 0 Å². The van der Waals surface area contributed by atoms with Crippen molar-refractivity contribution in [3.8, 4) is 5.75 Å². The second kappa shape index (κ2) is 5.33. The van der Waals surface area contributed by atoms with Crippen molar-refractivity contribution in [1.82, 2.24) is 15.0 Å². The van der Waals surface area contributed by atoms with Crippen LogP contribution in [0.15, 0.2) is 42.7 Å². The van der Waals surface area contributed by atoms with Crippen molar-refractivity contribution in [2.75, 3.05) is 0 Å². The van der Waals surface area contributed by atoms with Crippen LogP contribution in [0.4, 0.5) is 0 Å². The highest BCUT2D eigenvalue weighted by atomic mass is 16.5. The minimum atomic E-state index is 0.379. The van der Waals surface area contributed by atoms with Gasteiger partial charge in [-0.15, -0.1) is 0 Å². The van der Waals surface area contributed by atoms with Crippen LogP contribution in [0.1, 0.15) is 31.3 Å². The molecule has 0 amide bonds. The van der Waals surface area contributed by atoms with Crippen LogP contribution in [0.25, 0.3) is 10.9 Å². The van der Waals surface area contributed by atoms with Gasteiger partial charge in [0.25, 0.3) is 0 Å². The third-order valence-electron chi connectivity index (χ3n) is 3.22.